The van der Waals surface area contributed by atoms with E-state index in [1.54, 1.807) is 25.4 Å². The second-order valence-corrected chi connectivity index (χ2v) is 7.59. The van der Waals surface area contributed by atoms with Crippen molar-refractivity contribution in [2.75, 3.05) is 20.3 Å². The number of nitrogens with zero attached hydrogens (tertiary/aromatic N) is 3. The highest BCUT2D eigenvalue weighted by atomic mass is 16.5. The summed E-state index contributed by atoms with van der Waals surface area (Å²) in [5, 5.41) is 12.3. The number of nitriles is 1. The molecule has 0 saturated heterocycles. The fourth-order valence-electron chi connectivity index (χ4n) is 3.24. The molecule has 0 aliphatic carbocycles. The summed E-state index contributed by atoms with van der Waals surface area (Å²) in [6.45, 7) is 6.53. The number of nitrogens with one attached hydrogen (secondary N) is 1. The monoisotopic (exact) mass is 446 g/mol. The molecule has 3 aromatic rings. The van der Waals surface area contributed by atoms with Gasteiger partial charge in [-0.1, -0.05) is 18.2 Å². The Morgan fingerprint density at radius 1 is 1.21 bits per heavy atom. The minimum Gasteiger partial charge on any atom is -0.438 e. The van der Waals surface area contributed by atoms with E-state index < -0.39 is 11.5 Å². The zero-order chi connectivity index (χ0) is 24.0. The normalized spacial score (nSPS) is 11.3. The van der Waals surface area contributed by atoms with Crippen molar-refractivity contribution in [1.82, 2.24) is 14.7 Å². The van der Waals surface area contributed by atoms with Crippen molar-refractivity contribution in [1.29, 1.82) is 5.26 Å². The number of carbonyl (C=O) groups excluding carboxylic acids is 1. The molecule has 0 radical (unpaired) electrons. The van der Waals surface area contributed by atoms with Crippen molar-refractivity contribution in [2.24, 2.45) is 0 Å². The maximum absolute atomic E-state index is 13.4. The van der Waals surface area contributed by atoms with Crippen LogP contribution in [0.25, 0.3) is 11.7 Å². The van der Waals surface area contributed by atoms with Crippen molar-refractivity contribution >= 4 is 17.6 Å². The van der Waals surface area contributed by atoms with Crippen LogP contribution < -0.4 is 15.6 Å². The van der Waals surface area contributed by atoms with Gasteiger partial charge in [0.2, 0.25) is 5.88 Å². The molecular formula is C25H26N4O4. The van der Waals surface area contributed by atoms with Gasteiger partial charge in [-0.15, -0.1) is 0 Å². The Morgan fingerprint density at radius 3 is 2.70 bits per heavy atom. The second-order valence-electron chi connectivity index (χ2n) is 7.59. The van der Waals surface area contributed by atoms with Crippen molar-refractivity contribution < 1.29 is 14.3 Å². The first-order chi connectivity index (χ1) is 15.9. The number of rotatable bonds is 8. The van der Waals surface area contributed by atoms with Gasteiger partial charge in [-0.3, -0.25) is 14.0 Å². The third-order valence-corrected chi connectivity index (χ3v) is 5.28. The lowest BCUT2D eigenvalue weighted by Gasteiger charge is -2.14. The van der Waals surface area contributed by atoms with Gasteiger partial charge in [-0.2, -0.15) is 10.2 Å². The van der Waals surface area contributed by atoms with Crippen LogP contribution >= 0.6 is 0 Å². The zero-order valence-electron chi connectivity index (χ0n) is 19.1. The molecule has 0 atom stereocenters. The van der Waals surface area contributed by atoms with E-state index in [0.29, 0.717) is 31.0 Å². The highest BCUT2D eigenvalue weighted by molar-refractivity contribution is 6.01. The summed E-state index contributed by atoms with van der Waals surface area (Å²) in [7, 11) is 1.57. The molecule has 0 fully saturated rings. The Bertz CT molecular complexity index is 1320. The van der Waals surface area contributed by atoms with Gasteiger partial charge in [0.15, 0.2) is 0 Å². The lowest BCUT2D eigenvalue weighted by Crippen LogP contribution is -2.27. The van der Waals surface area contributed by atoms with Gasteiger partial charge in [0.1, 0.15) is 28.6 Å². The lowest BCUT2D eigenvalue weighted by molar-refractivity contribution is -0.117. The molecule has 3 rings (SSSR count). The molecule has 33 heavy (non-hydrogen) atoms. The van der Waals surface area contributed by atoms with Gasteiger partial charge in [-0.25, -0.2) is 0 Å². The molecule has 0 aliphatic heterocycles. The van der Waals surface area contributed by atoms with Gasteiger partial charge in [0.05, 0.1) is 0 Å². The number of aromatic nitrogens is 2. The number of amides is 1. The van der Waals surface area contributed by atoms with Crippen LogP contribution in [0.2, 0.25) is 0 Å². The summed E-state index contributed by atoms with van der Waals surface area (Å²) in [6.07, 6.45) is 3.42. The Balaban J connectivity index is 2.13. The molecule has 0 unspecified atom stereocenters. The average molecular weight is 447 g/mol. The van der Waals surface area contributed by atoms with E-state index in [0.717, 1.165) is 16.7 Å². The first kappa shape index (κ1) is 23.7. The third kappa shape index (κ3) is 5.27. The molecule has 8 nitrogen and oxygen atoms in total. The minimum atomic E-state index is -0.583. The van der Waals surface area contributed by atoms with Gasteiger partial charge >= 0.3 is 0 Å². The van der Waals surface area contributed by atoms with E-state index in [4.69, 9.17) is 9.47 Å². The SMILES string of the molecule is COCCCNC(=O)C(C#N)=Cc1c(Oc2cccc(C)c2C)nc2c(C)cccn2c1=O. The first-order valence-electron chi connectivity index (χ1n) is 10.5. The second kappa shape index (κ2) is 10.6. The van der Waals surface area contributed by atoms with E-state index >= 15 is 0 Å². The summed E-state index contributed by atoms with van der Waals surface area (Å²) < 4.78 is 12.4. The standard InChI is InChI=1S/C25H26N4O4/c1-16-8-5-10-21(18(16)3)33-24-20(14-19(15-26)23(30)27-11-7-13-32-4)25(31)29-12-6-9-17(2)22(29)28-24/h5-6,8-10,12,14H,7,11,13H2,1-4H3,(H,27,30). The third-order valence-electron chi connectivity index (χ3n) is 5.28. The van der Waals surface area contributed by atoms with Crippen LogP contribution in [0.5, 0.6) is 11.6 Å². The lowest BCUT2D eigenvalue weighted by atomic mass is 10.1. The van der Waals surface area contributed by atoms with Crippen LogP contribution in [0.4, 0.5) is 0 Å². The van der Waals surface area contributed by atoms with Crippen LogP contribution in [-0.2, 0) is 9.53 Å². The summed E-state index contributed by atoms with van der Waals surface area (Å²) in [5.41, 5.74) is 2.49. The first-order valence-corrected chi connectivity index (χ1v) is 10.5. The van der Waals surface area contributed by atoms with Gasteiger partial charge in [0.25, 0.3) is 11.5 Å². The number of hydrogen-bond acceptors (Lipinski definition) is 6. The maximum Gasteiger partial charge on any atom is 0.269 e. The number of hydrogen-bond donors (Lipinski definition) is 1. The number of methoxy groups -OCH3 is 1. The highest BCUT2D eigenvalue weighted by Crippen LogP contribution is 2.28. The van der Waals surface area contributed by atoms with E-state index in [9.17, 15) is 14.9 Å². The predicted molar refractivity (Wildman–Crippen MR) is 125 cm³/mol. The maximum atomic E-state index is 13.4. The zero-order valence-corrected chi connectivity index (χ0v) is 19.1. The molecule has 1 amide bonds. The van der Waals surface area contributed by atoms with Crippen LogP contribution in [0.15, 0.2) is 46.9 Å². The molecule has 0 bridgehead atoms. The Kier molecular flexibility index (Phi) is 7.59. The molecule has 0 spiro atoms. The number of benzene rings is 1. The van der Waals surface area contributed by atoms with Crippen LogP contribution in [0.3, 0.4) is 0 Å². The summed E-state index contributed by atoms with van der Waals surface area (Å²) >= 11 is 0. The summed E-state index contributed by atoms with van der Waals surface area (Å²) in [5.74, 6) is -0.0139. The highest BCUT2D eigenvalue weighted by Gasteiger charge is 2.18. The Morgan fingerprint density at radius 2 is 1.97 bits per heavy atom. The molecule has 170 valence electrons. The molecular weight excluding hydrogens is 420 g/mol. The number of ether oxygens (including phenoxy) is 2. The quantitative estimate of drug-likeness (QED) is 0.323. The van der Waals surface area contributed by atoms with E-state index in [-0.39, 0.29) is 17.0 Å². The van der Waals surface area contributed by atoms with Crippen LogP contribution in [-0.4, -0.2) is 35.6 Å². The fraction of sp³-hybridized carbons (Fsp3) is 0.280. The van der Waals surface area contributed by atoms with Crippen LogP contribution in [0, 0.1) is 32.1 Å². The molecule has 1 aromatic carbocycles. The van der Waals surface area contributed by atoms with Crippen molar-refractivity contribution in [3.8, 4) is 17.7 Å². The topological polar surface area (TPSA) is 106 Å². The van der Waals surface area contributed by atoms with E-state index in [2.05, 4.69) is 10.3 Å². The van der Waals surface area contributed by atoms with Gasteiger partial charge < -0.3 is 14.8 Å². The smallest absolute Gasteiger partial charge is 0.269 e. The number of pyridine rings is 1. The minimum absolute atomic E-state index is 0.0163. The molecule has 2 heterocycles. The van der Waals surface area contributed by atoms with Crippen molar-refractivity contribution in [2.45, 2.75) is 27.2 Å². The average Bonchev–Trinajstić information content (AvgIpc) is 2.80. The van der Waals surface area contributed by atoms with Gasteiger partial charge in [0, 0.05) is 26.5 Å². The number of fused-ring (bicyclic) bond motifs is 1. The fourth-order valence-corrected chi connectivity index (χ4v) is 3.24. The van der Waals surface area contributed by atoms with E-state index in [1.807, 2.05) is 45.0 Å². The predicted octanol–water partition coefficient (Wildman–Crippen LogP) is 3.47. The molecule has 1 N–H and O–H groups in total. The number of carbonyl (C=O) groups is 1. The van der Waals surface area contributed by atoms with Gasteiger partial charge in [-0.05, 0) is 62.1 Å². The Hall–Kier alpha value is -3.96. The molecule has 8 heteroatoms. The van der Waals surface area contributed by atoms with E-state index in [1.165, 1.54) is 10.5 Å². The van der Waals surface area contributed by atoms with Crippen molar-refractivity contribution in [3.63, 3.8) is 0 Å². The largest absolute Gasteiger partial charge is 0.438 e. The van der Waals surface area contributed by atoms with Crippen molar-refractivity contribution in [3.05, 3.63) is 74.7 Å². The molecule has 0 aliphatic rings. The Labute approximate surface area is 192 Å². The molecule has 0 saturated carbocycles. The summed E-state index contributed by atoms with van der Waals surface area (Å²) in [6, 6.07) is 11.0. The summed E-state index contributed by atoms with van der Waals surface area (Å²) in [4.78, 5) is 30.5. The van der Waals surface area contributed by atoms with Crippen LogP contribution in [0.1, 0.15) is 28.7 Å². The molecule has 2 aromatic heterocycles. The number of aryl methyl sites for hydroxylation is 2.